The van der Waals surface area contributed by atoms with Crippen molar-refractivity contribution in [2.24, 2.45) is 0 Å². The third-order valence-electron chi connectivity index (χ3n) is 20.7. The third-order valence-corrected chi connectivity index (χ3v) is 21.6. The first-order chi connectivity index (χ1) is 57.4. The van der Waals surface area contributed by atoms with E-state index in [0.29, 0.717) is 88.1 Å². The van der Waals surface area contributed by atoms with E-state index in [1.54, 1.807) is 57.2 Å². The van der Waals surface area contributed by atoms with Crippen LogP contribution < -0.4 is 43.5 Å². The van der Waals surface area contributed by atoms with Crippen LogP contribution in [0.2, 0.25) is 15.1 Å². The van der Waals surface area contributed by atoms with Gasteiger partial charge in [0.1, 0.15) is 47.4 Å². The van der Waals surface area contributed by atoms with Gasteiger partial charge in [0.25, 0.3) is 22.2 Å². The fraction of sp³-hybridized carbons (Fsp3) is 0.159. The molecule has 1 fully saturated rings. The lowest BCUT2D eigenvalue weighted by atomic mass is 10.0. The van der Waals surface area contributed by atoms with E-state index in [1.165, 1.54) is 25.3 Å². The number of hydrogen-bond acceptors (Lipinski definition) is 20. The first-order valence-electron chi connectivity index (χ1n) is 37.9. The summed E-state index contributed by atoms with van der Waals surface area (Å²) in [6, 6.07) is 57.0. The Hall–Kier alpha value is -14.4. The quantitative estimate of drug-likeness (QED) is 0.0445. The number of nitrogens with one attached hydrogen (secondary N) is 8. The normalized spacial score (nSPS) is 12.9. The molecule has 19 aromatic rings. The number of anilines is 4. The summed E-state index contributed by atoms with van der Waals surface area (Å²) in [5.74, 6) is 2.53. The van der Waals surface area contributed by atoms with Gasteiger partial charge in [-0.1, -0.05) is 145 Å². The molecule has 4 atom stereocenters. The molecule has 0 bridgehead atoms. The molecule has 31 heteroatoms. The molecule has 1 aliphatic carbocycles. The molecule has 594 valence electrons. The molecule has 20 rings (SSSR count). The first kappa shape index (κ1) is 78.5. The summed E-state index contributed by atoms with van der Waals surface area (Å²) >= 11 is 19.1. The van der Waals surface area contributed by atoms with Crippen LogP contribution in [0.25, 0.3) is 105 Å². The molecule has 28 nitrogen and oxygen atoms in total. The predicted molar refractivity (Wildman–Crippen MR) is 471 cm³/mol. The maximum absolute atomic E-state index is 13.7. The van der Waals surface area contributed by atoms with Crippen molar-refractivity contribution in [3.05, 3.63) is 323 Å². The molecule has 0 amide bonds. The zero-order valence-electron chi connectivity index (χ0n) is 64.2. The lowest BCUT2D eigenvalue weighted by Crippen LogP contribution is -2.26. The number of nitrogens with zero attached hydrogens (tertiary/aromatic N) is 16. The molecule has 8 N–H and O–H groups in total. The smallest absolute Gasteiger partial charge is 0.264 e. The third kappa shape index (κ3) is 15.5. The van der Waals surface area contributed by atoms with Gasteiger partial charge in [-0.25, -0.2) is 59.8 Å². The van der Waals surface area contributed by atoms with E-state index in [-0.39, 0.29) is 59.9 Å². The highest BCUT2D eigenvalue weighted by Crippen LogP contribution is 2.39. The number of pyridine rings is 4. The number of para-hydroxylation sites is 2. The largest absolute Gasteiger partial charge is 0.360 e. The summed E-state index contributed by atoms with van der Waals surface area (Å²) in [6.07, 6.45) is 14.2. The van der Waals surface area contributed by atoms with E-state index >= 15 is 0 Å². The Labute approximate surface area is 693 Å². The van der Waals surface area contributed by atoms with Gasteiger partial charge in [0.2, 0.25) is 0 Å². The SMILES string of the molecule is C.CC(Nc1ncnc2nc[nH]c12)c1cc2cccc(Cl)c2c(=O)n1-c1ccccc1.C[C@H](Nc1ncnc2nc[nH]c12)c1cc2cccc(Cl)c2c(=O)n1-c1ccccc1.C[C@H](Nc1ncnc2nc[nH]c12)c1cc2cccc(Cl)c2c(=O)n1C1CC1.Cc1cccc(-n2c([C@H](C)Nc3ncnc4nc[nH]c34)cc3cccc(C)c3c2=O)c1. The van der Waals surface area contributed by atoms with Crippen molar-refractivity contribution in [2.75, 3.05) is 21.3 Å². The van der Waals surface area contributed by atoms with Gasteiger partial charge >= 0.3 is 0 Å². The number of halogens is 3. The van der Waals surface area contributed by atoms with E-state index in [1.807, 2.05) is 204 Å². The Bertz CT molecular complexity index is 7060. The standard InChI is InChI=1S/C24H22N6O.2C22H17ClN6O.C19H17ClN6O.CH4/c1-14-6-4-9-18(10-14)30-19(11-17-8-5-7-15(2)20(17)24(30)31)16(3)29-23-21-22(26-12-25-21)27-13-28-23;2*1-13(28-21-19-20(25-11-24-19)26-12-27-21)17-10-14-6-5-9-16(23)18(14)22(30)29(17)15-7-3-2-4-8-15;1-10(25-18-16-17(22-8-21-16)23-9-24-18)14-7-11-3-2-4-13(20)15(11)19(27)26(14)12-5-6-12;/h4-13,16H,1-3H3,(H2,25,26,27,28,29);2*2-13H,1H3,(H2,24,25,26,27,28);2-4,7-10,12H,5-6H2,1H3,(H2,21,22,23,24,25);1H4/t16-;13-;;10-;/m00.0./s1. The fourth-order valence-electron chi connectivity index (χ4n) is 14.9. The summed E-state index contributed by atoms with van der Waals surface area (Å²) in [7, 11) is 0. The number of aryl methyl sites for hydroxylation is 2. The predicted octanol–water partition coefficient (Wildman–Crippen LogP) is 17.9. The number of aromatic nitrogens is 20. The highest BCUT2D eigenvalue weighted by molar-refractivity contribution is 6.36. The Kier molecular flexibility index (Phi) is 22.1. The molecule has 12 heterocycles. The van der Waals surface area contributed by atoms with E-state index in [4.69, 9.17) is 34.8 Å². The van der Waals surface area contributed by atoms with E-state index < -0.39 is 0 Å². The second-order valence-corrected chi connectivity index (χ2v) is 29.7. The average molecular weight is 1640 g/mol. The molecule has 0 radical (unpaired) electrons. The molecular formula is C88H77Cl3N24O4. The van der Waals surface area contributed by atoms with Crippen LogP contribution in [-0.4, -0.2) is 98.0 Å². The fourth-order valence-corrected chi connectivity index (χ4v) is 15.7. The van der Waals surface area contributed by atoms with Crippen LogP contribution in [0.5, 0.6) is 0 Å². The van der Waals surface area contributed by atoms with Crippen molar-refractivity contribution in [1.29, 1.82) is 0 Å². The van der Waals surface area contributed by atoms with Gasteiger partial charge in [-0.15, -0.1) is 0 Å². The Morgan fingerprint density at radius 3 is 1.03 bits per heavy atom. The van der Waals surface area contributed by atoms with Crippen molar-refractivity contribution >= 4 is 146 Å². The van der Waals surface area contributed by atoms with Crippen LogP contribution in [-0.2, 0) is 0 Å². The zero-order valence-corrected chi connectivity index (χ0v) is 66.4. The number of aromatic amines is 4. The molecule has 119 heavy (non-hydrogen) atoms. The van der Waals surface area contributed by atoms with E-state index in [9.17, 15) is 19.2 Å². The molecule has 7 aromatic carbocycles. The second kappa shape index (κ2) is 33.5. The van der Waals surface area contributed by atoms with Crippen LogP contribution in [0.4, 0.5) is 23.3 Å². The Balaban J connectivity index is 0.000000118. The van der Waals surface area contributed by atoms with Crippen LogP contribution in [0.3, 0.4) is 0 Å². The Morgan fingerprint density at radius 2 is 0.655 bits per heavy atom. The summed E-state index contributed by atoms with van der Waals surface area (Å²) in [4.78, 5) is 117. The molecular weight excluding hydrogens is 1560 g/mol. The number of benzene rings is 7. The van der Waals surface area contributed by atoms with Gasteiger partial charge in [-0.05, 0) is 166 Å². The molecule has 1 unspecified atom stereocenters. The molecule has 0 saturated heterocycles. The number of rotatable bonds is 16. The van der Waals surface area contributed by atoms with Crippen LogP contribution >= 0.6 is 34.8 Å². The highest BCUT2D eigenvalue weighted by Gasteiger charge is 2.31. The summed E-state index contributed by atoms with van der Waals surface area (Å²) in [5, 5.41) is 20.6. The maximum Gasteiger partial charge on any atom is 0.264 e. The minimum atomic E-state index is -0.248. The van der Waals surface area contributed by atoms with E-state index in [2.05, 4.69) is 107 Å². The van der Waals surface area contributed by atoms with Crippen molar-refractivity contribution in [1.82, 2.24) is 98.0 Å². The topological polar surface area (TPSA) is 354 Å². The minimum absolute atomic E-state index is 0. The van der Waals surface area contributed by atoms with Crippen molar-refractivity contribution in [3.63, 3.8) is 0 Å². The van der Waals surface area contributed by atoms with Gasteiger partial charge < -0.3 is 45.8 Å². The summed E-state index contributed by atoms with van der Waals surface area (Å²) < 4.78 is 7.07. The average Bonchev–Trinajstić information content (AvgIpc) is 0.925. The highest BCUT2D eigenvalue weighted by atomic mass is 35.5. The van der Waals surface area contributed by atoms with Gasteiger partial charge in [0.05, 0.1) is 86.1 Å². The second-order valence-electron chi connectivity index (χ2n) is 28.5. The molecule has 1 aliphatic rings. The molecule has 1 saturated carbocycles. The molecule has 0 spiro atoms. The maximum atomic E-state index is 13.7. The van der Waals surface area contributed by atoms with Crippen LogP contribution in [0.1, 0.15) is 112 Å². The van der Waals surface area contributed by atoms with Gasteiger partial charge in [0, 0.05) is 45.9 Å². The van der Waals surface area contributed by atoms with Crippen molar-refractivity contribution in [2.45, 2.75) is 92.0 Å². The number of imidazole rings is 4. The van der Waals surface area contributed by atoms with E-state index in [0.717, 1.165) is 102 Å². The number of H-pyrrole nitrogens is 4. The number of hydrogen-bond donors (Lipinski definition) is 8. The lowest BCUT2D eigenvalue weighted by molar-refractivity contribution is 0.636. The van der Waals surface area contributed by atoms with Gasteiger partial charge in [-0.2, -0.15) is 0 Å². The zero-order chi connectivity index (χ0) is 81.4. The Morgan fingerprint density at radius 1 is 0.345 bits per heavy atom. The van der Waals surface area contributed by atoms with Crippen LogP contribution in [0, 0.1) is 13.8 Å². The van der Waals surface area contributed by atoms with Gasteiger partial charge in [-0.3, -0.25) is 32.9 Å². The van der Waals surface area contributed by atoms with Crippen LogP contribution in [0.15, 0.2) is 252 Å². The number of fused-ring (bicyclic) bond motifs is 8. The van der Waals surface area contributed by atoms with Gasteiger partial charge in [0.15, 0.2) is 45.9 Å². The molecule has 12 aromatic heterocycles. The van der Waals surface area contributed by atoms with Crippen molar-refractivity contribution in [3.8, 4) is 17.1 Å². The monoisotopic (exact) mass is 1640 g/mol. The molecule has 0 aliphatic heterocycles. The first-order valence-corrected chi connectivity index (χ1v) is 39.0. The minimum Gasteiger partial charge on any atom is -0.360 e. The summed E-state index contributed by atoms with van der Waals surface area (Å²) in [6.45, 7) is 12.0. The van der Waals surface area contributed by atoms with Crippen molar-refractivity contribution < 1.29 is 0 Å². The summed E-state index contributed by atoms with van der Waals surface area (Å²) in [5.41, 5.74) is 12.6. The lowest BCUT2D eigenvalue weighted by Gasteiger charge is -2.22.